The predicted molar refractivity (Wildman–Crippen MR) is 108 cm³/mol. The Morgan fingerprint density at radius 1 is 1.33 bits per heavy atom. The van der Waals surface area contributed by atoms with Gasteiger partial charge in [0.25, 0.3) is 5.91 Å². The van der Waals surface area contributed by atoms with Gasteiger partial charge >= 0.3 is 0 Å². The van der Waals surface area contributed by atoms with Crippen LogP contribution in [0.4, 0.5) is 16.0 Å². The van der Waals surface area contributed by atoms with Crippen molar-refractivity contribution in [2.45, 2.75) is 6.92 Å². The lowest BCUT2D eigenvalue weighted by Crippen LogP contribution is -2.29. The number of anilines is 2. The molecule has 3 aromatic rings. The van der Waals surface area contributed by atoms with E-state index in [9.17, 15) is 14.0 Å². The van der Waals surface area contributed by atoms with Crippen molar-refractivity contribution in [2.24, 2.45) is 0 Å². The smallest absolute Gasteiger partial charge is 0.272 e. The van der Waals surface area contributed by atoms with Gasteiger partial charge in [0.1, 0.15) is 17.3 Å². The molecule has 0 atom stereocenters. The Morgan fingerprint density at radius 2 is 2.13 bits per heavy atom. The molecule has 1 aliphatic rings. The minimum atomic E-state index is -0.560. The van der Waals surface area contributed by atoms with Gasteiger partial charge in [-0.15, -0.1) is 0 Å². The lowest BCUT2D eigenvalue weighted by Gasteiger charge is -2.10. The average Bonchev–Trinajstić information content (AvgIpc) is 3.38. The molecule has 152 valence electrons. The van der Waals surface area contributed by atoms with Crippen LogP contribution in [0.25, 0.3) is 17.4 Å². The molecule has 0 unspecified atom stereocenters. The van der Waals surface area contributed by atoms with Crippen LogP contribution < -0.4 is 10.2 Å². The van der Waals surface area contributed by atoms with E-state index >= 15 is 0 Å². The second kappa shape index (κ2) is 7.76. The van der Waals surface area contributed by atoms with Crippen LogP contribution in [0.3, 0.4) is 0 Å². The van der Waals surface area contributed by atoms with E-state index in [2.05, 4.69) is 20.3 Å². The highest BCUT2D eigenvalue weighted by Crippen LogP contribution is 2.37. The molecular weight excluding hydrogens is 437 g/mol. The summed E-state index contributed by atoms with van der Waals surface area (Å²) < 4.78 is 23.6. The number of hydrogen-bond donors (Lipinski definition) is 2. The molecule has 4 rings (SSSR count). The molecule has 0 saturated carbocycles. The zero-order valence-electron chi connectivity index (χ0n) is 15.1. The Balaban J connectivity index is 1.60. The average molecular weight is 448 g/mol. The van der Waals surface area contributed by atoms with E-state index in [1.807, 2.05) is 0 Å². The highest BCUT2D eigenvalue weighted by Gasteiger charge is 2.38. The third-order valence-corrected chi connectivity index (χ3v) is 5.08. The van der Waals surface area contributed by atoms with Crippen LogP contribution in [-0.4, -0.2) is 27.3 Å². The fourth-order valence-corrected chi connectivity index (χ4v) is 3.62. The quantitative estimate of drug-likeness (QED) is 0.575. The van der Waals surface area contributed by atoms with Crippen LogP contribution in [0.2, 0.25) is 5.02 Å². The molecule has 0 aliphatic carbocycles. The first-order valence-electron chi connectivity index (χ1n) is 8.31. The molecule has 1 saturated heterocycles. The van der Waals surface area contributed by atoms with Gasteiger partial charge in [-0.05, 0) is 52.4 Å². The third-order valence-electron chi connectivity index (χ3n) is 3.91. The van der Waals surface area contributed by atoms with Crippen LogP contribution in [0.5, 0.6) is 0 Å². The highest BCUT2D eigenvalue weighted by atomic mass is 35.5. The molecule has 1 aliphatic heterocycles. The summed E-state index contributed by atoms with van der Waals surface area (Å²) in [5, 5.41) is 17.4. The van der Waals surface area contributed by atoms with Crippen molar-refractivity contribution in [3.05, 3.63) is 51.8 Å². The van der Waals surface area contributed by atoms with Crippen molar-refractivity contribution in [2.75, 3.05) is 10.2 Å². The summed E-state index contributed by atoms with van der Waals surface area (Å²) in [7, 11) is 0. The zero-order chi connectivity index (χ0) is 21.4. The van der Waals surface area contributed by atoms with Gasteiger partial charge in [-0.1, -0.05) is 11.6 Å². The molecule has 2 aromatic heterocycles. The molecule has 1 aromatic carbocycles. The van der Waals surface area contributed by atoms with Crippen LogP contribution in [0.15, 0.2) is 44.3 Å². The van der Waals surface area contributed by atoms with E-state index in [0.717, 1.165) is 16.7 Å². The van der Waals surface area contributed by atoms with Gasteiger partial charge in [0.15, 0.2) is 5.17 Å². The first-order valence-corrected chi connectivity index (χ1v) is 9.51. The summed E-state index contributed by atoms with van der Waals surface area (Å²) in [5.74, 6) is -0.932. The molecule has 30 heavy (non-hydrogen) atoms. The first-order chi connectivity index (χ1) is 14.3. The van der Waals surface area contributed by atoms with E-state index in [1.165, 1.54) is 31.2 Å². The van der Waals surface area contributed by atoms with Gasteiger partial charge in [0.05, 0.1) is 9.93 Å². The molecule has 1 fully saturated rings. The molecule has 3 heterocycles. The summed E-state index contributed by atoms with van der Waals surface area (Å²) in [4.78, 5) is 25.2. The molecule has 2 amide bonds. The molecule has 0 radical (unpaired) electrons. The fourth-order valence-electron chi connectivity index (χ4n) is 2.62. The monoisotopic (exact) mass is 447 g/mol. The Bertz CT molecular complexity index is 1220. The van der Waals surface area contributed by atoms with E-state index in [-0.39, 0.29) is 26.7 Å². The molecule has 0 spiro atoms. The van der Waals surface area contributed by atoms with Gasteiger partial charge in [-0.3, -0.25) is 15.0 Å². The van der Waals surface area contributed by atoms with E-state index in [1.54, 1.807) is 12.1 Å². The van der Waals surface area contributed by atoms with Crippen LogP contribution in [0, 0.1) is 11.2 Å². The number of nitrogens with one attached hydrogen (secondary N) is 2. The minimum absolute atomic E-state index is 0.0365. The summed E-state index contributed by atoms with van der Waals surface area (Å²) in [6.45, 7) is 1.26. The van der Waals surface area contributed by atoms with Crippen molar-refractivity contribution in [3.8, 4) is 11.3 Å². The second-order valence-electron chi connectivity index (χ2n) is 6.00. The number of carbonyl (C=O) groups is 2. The van der Waals surface area contributed by atoms with Crippen molar-refractivity contribution in [1.82, 2.24) is 10.3 Å². The van der Waals surface area contributed by atoms with Gasteiger partial charge < -0.3 is 9.73 Å². The molecule has 2 N–H and O–H groups in total. The Kier molecular flexibility index (Phi) is 5.14. The van der Waals surface area contributed by atoms with Gasteiger partial charge in [0.2, 0.25) is 17.5 Å². The number of furan rings is 1. The van der Waals surface area contributed by atoms with Gasteiger partial charge in [-0.25, -0.2) is 13.9 Å². The maximum Gasteiger partial charge on any atom is 0.272 e. The number of benzene rings is 1. The minimum Gasteiger partial charge on any atom is -0.457 e. The standard InChI is InChI=1S/C18H11ClFN5O4S/c1-8(26)22-15-16(24-29-23-15)25-17(27)14(30-18(25)21)7-10-3-5-13(28-10)9-2-4-12(20)11(19)6-9/h2-7,21H,1H3,(H,22,23,26). The number of halogens is 2. The van der Waals surface area contributed by atoms with E-state index < -0.39 is 17.6 Å². The second-order valence-corrected chi connectivity index (χ2v) is 7.44. The SMILES string of the molecule is CC(=O)Nc1nonc1N1C(=N)SC(=Cc2ccc(-c3ccc(F)c(Cl)c3)o2)C1=O. The third kappa shape index (κ3) is 3.72. The van der Waals surface area contributed by atoms with Crippen molar-refractivity contribution < 1.29 is 23.0 Å². The fraction of sp³-hybridized carbons (Fsp3) is 0.0556. The Morgan fingerprint density at radius 3 is 2.87 bits per heavy atom. The van der Waals surface area contributed by atoms with Crippen LogP contribution >= 0.6 is 23.4 Å². The van der Waals surface area contributed by atoms with E-state index in [0.29, 0.717) is 17.1 Å². The summed E-state index contributed by atoms with van der Waals surface area (Å²) in [6.07, 6.45) is 1.46. The largest absolute Gasteiger partial charge is 0.457 e. The number of amides is 2. The Hall–Kier alpha value is -3.44. The Labute approximate surface area is 177 Å². The van der Waals surface area contributed by atoms with Crippen molar-refractivity contribution >= 4 is 58.1 Å². The van der Waals surface area contributed by atoms with Crippen LogP contribution in [0.1, 0.15) is 12.7 Å². The number of rotatable bonds is 4. The van der Waals surface area contributed by atoms with Crippen molar-refractivity contribution in [1.29, 1.82) is 5.41 Å². The number of hydrogen-bond acceptors (Lipinski definition) is 8. The topological polar surface area (TPSA) is 125 Å². The normalized spacial score (nSPS) is 15.3. The maximum atomic E-state index is 13.3. The summed E-state index contributed by atoms with van der Waals surface area (Å²) >= 11 is 6.68. The number of carbonyl (C=O) groups excluding carboxylic acids is 2. The summed E-state index contributed by atoms with van der Waals surface area (Å²) in [5.41, 5.74) is 0.569. The van der Waals surface area contributed by atoms with Crippen molar-refractivity contribution in [3.63, 3.8) is 0 Å². The van der Waals surface area contributed by atoms with Gasteiger partial charge in [-0.2, -0.15) is 0 Å². The first kappa shape index (κ1) is 19.9. The molecule has 9 nitrogen and oxygen atoms in total. The summed E-state index contributed by atoms with van der Waals surface area (Å²) in [6, 6.07) is 7.46. The lowest BCUT2D eigenvalue weighted by atomic mass is 10.2. The van der Waals surface area contributed by atoms with Crippen LogP contribution in [-0.2, 0) is 9.59 Å². The highest BCUT2D eigenvalue weighted by molar-refractivity contribution is 8.19. The maximum absolute atomic E-state index is 13.3. The number of thioether (sulfide) groups is 1. The number of amidine groups is 1. The lowest BCUT2D eigenvalue weighted by molar-refractivity contribution is -0.114. The molecule has 0 bridgehead atoms. The zero-order valence-corrected chi connectivity index (χ0v) is 16.7. The number of nitrogens with zero attached hydrogens (tertiary/aromatic N) is 3. The van der Waals surface area contributed by atoms with E-state index in [4.69, 9.17) is 21.4 Å². The molecular formula is C18H11ClFN5O4S. The molecule has 12 heteroatoms. The number of aromatic nitrogens is 2. The van der Waals surface area contributed by atoms with Gasteiger partial charge in [0, 0.05) is 18.6 Å². The predicted octanol–water partition coefficient (Wildman–Crippen LogP) is 4.14.